The molecule has 8 heteroatoms. The number of benzene rings is 2. The Bertz CT molecular complexity index is 1820. The summed E-state index contributed by atoms with van der Waals surface area (Å²) < 4.78 is 0. The summed E-state index contributed by atoms with van der Waals surface area (Å²) in [4.78, 5) is 27.7. The predicted molar refractivity (Wildman–Crippen MR) is 159 cm³/mol. The Hall–Kier alpha value is -4.98. The Morgan fingerprint density at radius 1 is 0.875 bits per heavy atom. The van der Waals surface area contributed by atoms with Crippen molar-refractivity contribution in [3.8, 4) is 22.5 Å². The third-order valence-corrected chi connectivity index (χ3v) is 7.56. The van der Waals surface area contributed by atoms with Crippen LogP contribution in [0.25, 0.3) is 44.3 Å². The van der Waals surface area contributed by atoms with Crippen LogP contribution in [-0.4, -0.2) is 44.1 Å². The van der Waals surface area contributed by atoms with Gasteiger partial charge in [-0.3, -0.25) is 14.9 Å². The number of nitrogens with zero attached hydrogens (tertiary/aromatic N) is 4. The van der Waals surface area contributed by atoms with Gasteiger partial charge in [0.1, 0.15) is 11.5 Å². The first-order valence-electron chi connectivity index (χ1n) is 13.7. The summed E-state index contributed by atoms with van der Waals surface area (Å²) in [6, 6.07) is 22.1. The van der Waals surface area contributed by atoms with Gasteiger partial charge in [-0.1, -0.05) is 36.4 Å². The van der Waals surface area contributed by atoms with E-state index in [0.717, 1.165) is 68.8 Å². The van der Waals surface area contributed by atoms with E-state index in [2.05, 4.69) is 42.5 Å². The van der Waals surface area contributed by atoms with Crippen molar-refractivity contribution < 1.29 is 4.79 Å². The van der Waals surface area contributed by atoms with Crippen LogP contribution >= 0.6 is 0 Å². The molecule has 1 fully saturated rings. The van der Waals surface area contributed by atoms with Gasteiger partial charge in [-0.15, -0.1) is 0 Å². The lowest BCUT2D eigenvalue weighted by molar-refractivity contribution is -0.115. The highest BCUT2D eigenvalue weighted by Crippen LogP contribution is 2.34. The molecule has 4 aromatic heterocycles. The van der Waals surface area contributed by atoms with Crippen molar-refractivity contribution in [2.45, 2.75) is 25.7 Å². The number of pyridine rings is 2. The average Bonchev–Trinajstić information content (AvgIpc) is 3.62. The third kappa shape index (κ3) is 4.68. The molecule has 8 nitrogen and oxygen atoms in total. The molecule has 2 aromatic carbocycles. The number of aromatic nitrogens is 5. The summed E-state index contributed by atoms with van der Waals surface area (Å²) in [7, 11) is 0. The first-order valence-corrected chi connectivity index (χ1v) is 13.7. The number of amides is 1. The van der Waals surface area contributed by atoms with E-state index in [0.29, 0.717) is 12.1 Å². The molecule has 0 unspecified atom stereocenters. The first kappa shape index (κ1) is 24.1. The lowest BCUT2D eigenvalue weighted by Gasteiger charge is -2.28. The summed E-state index contributed by atoms with van der Waals surface area (Å²) in [5.41, 5.74) is 7.36. The third-order valence-electron chi connectivity index (χ3n) is 7.56. The smallest absolute Gasteiger partial charge is 0.228 e. The molecule has 5 heterocycles. The fraction of sp³-hybridized carbons (Fsp3) is 0.188. The molecule has 0 radical (unpaired) electrons. The Balaban J connectivity index is 1.19. The maximum atomic E-state index is 12.6. The zero-order chi connectivity index (χ0) is 26.9. The molecule has 40 heavy (non-hydrogen) atoms. The van der Waals surface area contributed by atoms with Gasteiger partial charge in [-0.25, -0.2) is 4.98 Å². The van der Waals surface area contributed by atoms with Gasteiger partial charge in [-0.05, 0) is 60.7 Å². The Morgan fingerprint density at radius 3 is 2.62 bits per heavy atom. The molecule has 0 spiro atoms. The summed E-state index contributed by atoms with van der Waals surface area (Å²) in [6.07, 6.45) is 9.37. The highest BCUT2D eigenvalue weighted by atomic mass is 16.1. The molecule has 198 valence electrons. The number of H-pyrrole nitrogens is 2. The number of anilines is 2. The number of rotatable bonds is 6. The van der Waals surface area contributed by atoms with Crippen LogP contribution in [0.2, 0.25) is 0 Å². The number of aromatic amines is 2. The Kier molecular flexibility index (Phi) is 6.20. The van der Waals surface area contributed by atoms with Gasteiger partial charge in [0.15, 0.2) is 0 Å². The number of hydrogen-bond donors (Lipinski definition) is 3. The maximum absolute atomic E-state index is 12.6. The molecule has 6 aromatic rings. The van der Waals surface area contributed by atoms with E-state index >= 15 is 0 Å². The molecule has 1 aliphatic rings. The largest absolute Gasteiger partial charge is 0.356 e. The zero-order valence-electron chi connectivity index (χ0n) is 22.0. The lowest BCUT2D eigenvalue weighted by Crippen LogP contribution is -2.30. The molecule has 0 saturated carbocycles. The van der Waals surface area contributed by atoms with Crippen molar-refractivity contribution in [2.24, 2.45) is 0 Å². The van der Waals surface area contributed by atoms with Gasteiger partial charge < -0.3 is 15.2 Å². The lowest BCUT2D eigenvalue weighted by atomic mass is 10.0. The number of hydrogen-bond acceptors (Lipinski definition) is 5. The summed E-state index contributed by atoms with van der Waals surface area (Å²) in [6.45, 7) is 2.09. The molecule has 0 bridgehead atoms. The van der Waals surface area contributed by atoms with Gasteiger partial charge >= 0.3 is 0 Å². The number of carbonyl (C=O) groups excluding carboxylic acids is 1. The number of fused-ring (bicyclic) bond motifs is 2. The monoisotopic (exact) mass is 527 g/mol. The van der Waals surface area contributed by atoms with Gasteiger partial charge in [-0.2, -0.15) is 5.10 Å². The van der Waals surface area contributed by atoms with Crippen molar-refractivity contribution in [3.05, 3.63) is 90.9 Å². The molecule has 3 N–H and O–H groups in total. The quantitative estimate of drug-likeness (QED) is 0.235. The molecule has 0 aliphatic carbocycles. The van der Waals surface area contributed by atoms with Crippen molar-refractivity contribution in [2.75, 3.05) is 23.3 Å². The standard InChI is InChI=1S/C32H29N7O/c40-30(15-21-7-3-1-4-8-21)35-24-16-23(19-33-20-24)22-9-10-28-25(17-22)31(38-37-28)29-18-26-27(36-29)11-12-34-32(26)39-13-5-2-6-14-39/h1,3-4,7-12,16-20,36H,2,5-6,13-15H2,(H,35,40)(H,37,38). The zero-order valence-corrected chi connectivity index (χ0v) is 22.0. The van der Waals surface area contributed by atoms with Gasteiger partial charge in [0.25, 0.3) is 0 Å². The molecule has 1 aliphatic heterocycles. The molecule has 0 atom stereocenters. The predicted octanol–water partition coefficient (Wildman–Crippen LogP) is 6.34. The topological polar surface area (TPSA) is 103 Å². The second-order valence-electron chi connectivity index (χ2n) is 10.3. The maximum Gasteiger partial charge on any atom is 0.228 e. The Labute approximate surface area is 231 Å². The highest BCUT2D eigenvalue weighted by molar-refractivity contribution is 6.00. The minimum Gasteiger partial charge on any atom is -0.356 e. The van der Waals surface area contributed by atoms with Crippen LogP contribution in [0, 0.1) is 0 Å². The fourth-order valence-corrected chi connectivity index (χ4v) is 5.58. The average molecular weight is 528 g/mol. The Morgan fingerprint density at radius 2 is 1.75 bits per heavy atom. The second-order valence-corrected chi connectivity index (χ2v) is 10.3. The van der Waals surface area contributed by atoms with Crippen molar-refractivity contribution in [3.63, 3.8) is 0 Å². The normalized spacial score (nSPS) is 13.7. The minimum absolute atomic E-state index is 0.0741. The highest BCUT2D eigenvalue weighted by Gasteiger charge is 2.18. The van der Waals surface area contributed by atoms with Gasteiger partial charge in [0.2, 0.25) is 5.91 Å². The van der Waals surface area contributed by atoms with Crippen molar-refractivity contribution >= 4 is 39.2 Å². The summed E-state index contributed by atoms with van der Waals surface area (Å²) in [5, 5.41) is 13.0. The minimum atomic E-state index is -0.0741. The number of nitrogens with one attached hydrogen (secondary N) is 3. The van der Waals surface area contributed by atoms with Crippen molar-refractivity contribution in [1.29, 1.82) is 0 Å². The van der Waals surface area contributed by atoms with E-state index in [4.69, 9.17) is 4.98 Å². The van der Waals surface area contributed by atoms with Gasteiger partial charge in [0.05, 0.1) is 35.0 Å². The van der Waals surface area contributed by atoms with Crippen LogP contribution in [-0.2, 0) is 11.2 Å². The first-order chi connectivity index (χ1) is 19.7. The number of piperidine rings is 1. The van der Waals surface area contributed by atoms with Crippen LogP contribution < -0.4 is 10.2 Å². The molecule has 7 rings (SSSR count). The van der Waals surface area contributed by atoms with E-state index in [1.165, 1.54) is 19.3 Å². The summed E-state index contributed by atoms with van der Waals surface area (Å²) >= 11 is 0. The van der Waals surface area contributed by atoms with Crippen LogP contribution in [0.15, 0.2) is 85.3 Å². The second kappa shape index (κ2) is 10.3. The van der Waals surface area contributed by atoms with E-state index in [1.54, 1.807) is 6.20 Å². The van der Waals surface area contributed by atoms with Gasteiger partial charge in [0, 0.05) is 41.8 Å². The van der Waals surface area contributed by atoms with Crippen LogP contribution in [0.5, 0.6) is 0 Å². The van der Waals surface area contributed by atoms with E-state index in [9.17, 15) is 4.79 Å². The number of carbonyl (C=O) groups is 1. The fourth-order valence-electron chi connectivity index (χ4n) is 5.58. The van der Waals surface area contributed by atoms with E-state index in [-0.39, 0.29) is 5.91 Å². The van der Waals surface area contributed by atoms with Crippen LogP contribution in [0.4, 0.5) is 11.5 Å². The van der Waals surface area contributed by atoms with Crippen LogP contribution in [0.1, 0.15) is 24.8 Å². The molecular formula is C32H29N7O. The summed E-state index contributed by atoms with van der Waals surface area (Å²) in [5.74, 6) is 0.965. The SMILES string of the molecule is O=C(Cc1ccccc1)Nc1cncc(-c2ccc3[nH]nc(-c4cc5c(N6CCCCC6)nccc5[nH]4)c3c2)c1. The van der Waals surface area contributed by atoms with E-state index in [1.807, 2.05) is 67.0 Å². The van der Waals surface area contributed by atoms with Crippen molar-refractivity contribution in [1.82, 2.24) is 25.1 Å². The molecule has 1 saturated heterocycles. The molecule has 1 amide bonds. The van der Waals surface area contributed by atoms with E-state index < -0.39 is 0 Å². The molecular weight excluding hydrogens is 498 g/mol. The van der Waals surface area contributed by atoms with Crippen LogP contribution in [0.3, 0.4) is 0 Å².